The summed E-state index contributed by atoms with van der Waals surface area (Å²) in [6.45, 7) is 1.58. The summed E-state index contributed by atoms with van der Waals surface area (Å²) < 4.78 is 5.45. The van der Waals surface area contributed by atoms with Gasteiger partial charge in [0.25, 0.3) is 5.91 Å². The predicted octanol–water partition coefficient (Wildman–Crippen LogP) is 1.34. The second-order valence-corrected chi connectivity index (χ2v) is 5.07. The zero-order valence-electron chi connectivity index (χ0n) is 13.4. The minimum absolute atomic E-state index is 0.157. The fourth-order valence-corrected chi connectivity index (χ4v) is 1.83. The van der Waals surface area contributed by atoms with Gasteiger partial charge in [-0.3, -0.25) is 9.59 Å². The third-order valence-electron chi connectivity index (χ3n) is 3.05. The van der Waals surface area contributed by atoms with E-state index in [0.717, 1.165) is 5.56 Å². The fourth-order valence-electron chi connectivity index (χ4n) is 1.83. The summed E-state index contributed by atoms with van der Waals surface area (Å²) >= 11 is 0. The van der Waals surface area contributed by atoms with Crippen molar-refractivity contribution >= 4 is 11.9 Å². The van der Waals surface area contributed by atoms with Crippen LogP contribution in [0.5, 0.6) is 11.5 Å². The molecular weight excluding hydrogens is 324 g/mol. The van der Waals surface area contributed by atoms with Gasteiger partial charge in [0.05, 0.1) is 0 Å². The Kier molecular flexibility index (Phi) is 5.96. The van der Waals surface area contributed by atoms with Crippen LogP contribution in [0, 0.1) is 18.8 Å². The van der Waals surface area contributed by atoms with Crippen LogP contribution in [0.4, 0.5) is 0 Å². The molecular formula is C18H16N2O5. The van der Waals surface area contributed by atoms with Crippen molar-refractivity contribution in [1.82, 2.24) is 10.3 Å². The molecule has 0 bridgehead atoms. The maximum Gasteiger partial charge on any atom is 0.322 e. The van der Waals surface area contributed by atoms with Crippen LogP contribution < -0.4 is 10.1 Å². The average Bonchev–Trinajstić information content (AvgIpc) is 2.58. The first-order chi connectivity index (χ1) is 12.0. The Morgan fingerprint density at radius 3 is 2.64 bits per heavy atom. The lowest BCUT2D eigenvalue weighted by Gasteiger charge is -2.04. The first-order valence-electron chi connectivity index (χ1n) is 7.33. The zero-order chi connectivity index (χ0) is 18.2. The standard InChI is InChI=1S/C18H16N2O5/c1-12-4-6-14(7-5-12)25-8-2-3-13-9-15(21)17(19-10-13)18(24)20-11-16(22)23/h4-7,9-10,21H,8,11H2,1H3,(H,20,24)(H,22,23). The number of hydrogen-bond donors (Lipinski definition) is 3. The SMILES string of the molecule is Cc1ccc(OCC#Cc2cnc(C(=O)NCC(=O)O)c(O)c2)cc1. The molecule has 1 aromatic carbocycles. The van der Waals surface area contributed by atoms with Gasteiger partial charge in [-0.2, -0.15) is 0 Å². The molecule has 3 N–H and O–H groups in total. The van der Waals surface area contributed by atoms with E-state index in [4.69, 9.17) is 9.84 Å². The van der Waals surface area contributed by atoms with Crippen LogP contribution >= 0.6 is 0 Å². The highest BCUT2D eigenvalue weighted by atomic mass is 16.5. The van der Waals surface area contributed by atoms with E-state index in [0.29, 0.717) is 11.3 Å². The van der Waals surface area contributed by atoms with Crippen molar-refractivity contribution in [3.63, 3.8) is 0 Å². The number of hydrogen-bond acceptors (Lipinski definition) is 5. The van der Waals surface area contributed by atoms with E-state index in [9.17, 15) is 14.7 Å². The Bertz CT molecular complexity index is 835. The molecule has 0 unspecified atom stereocenters. The number of aryl methyl sites for hydroxylation is 1. The third kappa shape index (κ3) is 5.55. The van der Waals surface area contributed by atoms with Crippen molar-refractivity contribution in [3.8, 4) is 23.3 Å². The van der Waals surface area contributed by atoms with E-state index in [-0.39, 0.29) is 18.1 Å². The van der Waals surface area contributed by atoms with Crippen molar-refractivity contribution in [2.45, 2.75) is 6.92 Å². The van der Waals surface area contributed by atoms with Gasteiger partial charge in [0.2, 0.25) is 0 Å². The second-order valence-electron chi connectivity index (χ2n) is 5.07. The quantitative estimate of drug-likeness (QED) is 0.709. The topological polar surface area (TPSA) is 109 Å². The fraction of sp³-hybridized carbons (Fsp3) is 0.167. The Balaban J connectivity index is 1.95. The summed E-state index contributed by atoms with van der Waals surface area (Å²) in [5, 5.41) is 20.4. The molecule has 0 aliphatic heterocycles. The molecule has 0 fully saturated rings. The Labute approximate surface area is 144 Å². The Morgan fingerprint density at radius 2 is 2.00 bits per heavy atom. The summed E-state index contributed by atoms with van der Waals surface area (Å²) in [4.78, 5) is 25.9. The van der Waals surface area contributed by atoms with E-state index in [1.54, 1.807) is 0 Å². The van der Waals surface area contributed by atoms with E-state index in [1.165, 1.54) is 12.3 Å². The van der Waals surface area contributed by atoms with Gasteiger partial charge >= 0.3 is 5.97 Å². The molecule has 0 aliphatic rings. The Hall–Kier alpha value is -3.53. The number of aliphatic carboxylic acids is 1. The van der Waals surface area contributed by atoms with Crippen molar-refractivity contribution in [1.29, 1.82) is 0 Å². The average molecular weight is 340 g/mol. The number of pyridine rings is 1. The Morgan fingerprint density at radius 1 is 1.28 bits per heavy atom. The number of aromatic hydroxyl groups is 1. The molecule has 0 aliphatic carbocycles. The monoisotopic (exact) mass is 340 g/mol. The number of carboxylic acid groups (broad SMARTS) is 1. The number of aromatic nitrogens is 1. The third-order valence-corrected chi connectivity index (χ3v) is 3.05. The van der Waals surface area contributed by atoms with Crippen molar-refractivity contribution in [2.24, 2.45) is 0 Å². The van der Waals surface area contributed by atoms with E-state index < -0.39 is 18.4 Å². The number of nitrogens with zero attached hydrogens (tertiary/aromatic N) is 1. The molecule has 7 nitrogen and oxygen atoms in total. The highest BCUT2D eigenvalue weighted by Crippen LogP contribution is 2.15. The summed E-state index contributed by atoms with van der Waals surface area (Å²) in [6, 6.07) is 8.82. The van der Waals surface area contributed by atoms with Crippen molar-refractivity contribution in [2.75, 3.05) is 13.2 Å². The maximum atomic E-state index is 11.7. The molecule has 7 heteroatoms. The van der Waals surface area contributed by atoms with E-state index in [2.05, 4.69) is 22.1 Å². The van der Waals surface area contributed by atoms with E-state index >= 15 is 0 Å². The van der Waals surface area contributed by atoms with Gasteiger partial charge in [0.15, 0.2) is 5.69 Å². The summed E-state index contributed by atoms with van der Waals surface area (Å²) in [5.41, 5.74) is 1.27. The molecule has 2 rings (SSSR count). The van der Waals surface area contributed by atoms with Crippen LogP contribution in [0.3, 0.4) is 0 Å². The summed E-state index contributed by atoms with van der Waals surface area (Å²) in [5.74, 6) is 3.89. The predicted molar refractivity (Wildman–Crippen MR) is 89.4 cm³/mol. The van der Waals surface area contributed by atoms with Gasteiger partial charge in [-0.15, -0.1) is 0 Å². The van der Waals surface area contributed by atoms with Crippen molar-refractivity contribution < 1.29 is 24.5 Å². The minimum Gasteiger partial charge on any atom is -0.505 e. The number of carboxylic acids is 1. The number of ether oxygens (including phenoxy) is 1. The summed E-state index contributed by atoms with van der Waals surface area (Å²) in [7, 11) is 0. The van der Waals surface area contributed by atoms with Gasteiger partial charge in [0.1, 0.15) is 24.7 Å². The molecule has 2 aromatic rings. The lowest BCUT2D eigenvalue weighted by Crippen LogP contribution is -2.29. The second kappa shape index (κ2) is 8.36. The van der Waals surface area contributed by atoms with Crippen LogP contribution in [-0.4, -0.2) is 40.2 Å². The number of rotatable bonds is 5. The molecule has 1 heterocycles. The number of amides is 1. The van der Waals surface area contributed by atoms with Gasteiger partial charge < -0.3 is 20.3 Å². The largest absolute Gasteiger partial charge is 0.505 e. The van der Waals surface area contributed by atoms with Crippen molar-refractivity contribution in [3.05, 3.63) is 53.3 Å². The molecule has 0 atom stereocenters. The summed E-state index contributed by atoms with van der Waals surface area (Å²) in [6.07, 6.45) is 1.31. The van der Waals surface area contributed by atoms with Gasteiger partial charge in [-0.25, -0.2) is 4.98 Å². The zero-order valence-corrected chi connectivity index (χ0v) is 13.4. The lowest BCUT2D eigenvalue weighted by molar-refractivity contribution is -0.135. The first-order valence-corrected chi connectivity index (χ1v) is 7.33. The van der Waals surface area contributed by atoms with Crippen LogP contribution in [0.25, 0.3) is 0 Å². The molecule has 0 radical (unpaired) electrons. The molecule has 128 valence electrons. The highest BCUT2D eigenvalue weighted by Gasteiger charge is 2.13. The smallest absolute Gasteiger partial charge is 0.322 e. The van der Waals surface area contributed by atoms with Crippen LogP contribution in [0.1, 0.15) is 21.6 Å². The van der Waals surface area contributed by atoms with Crippen LogP contribution in [0.15, 0.2) is 36.5 Å². The normalized spacial score (nSPS) is 9.64. The maximum absolute atomic E-state index is 11.7. The minimum atomic E-state index is -1.19. The number of benzene rings is 1. The molecule has 1 amide bonds. The number of carbonyl (C=O) groups is 2. The highest BCUT2D eigenvalue weighted by molar-refractivity contribution is 5.96. The number of nitrogens with one attached hydrogen (secondary N) is 1. The van der Waals surface area contributed by atoms with Gasteiger partial charge in [-0.05, 0) is 25.1 Å². The van der Waals surface area contributed by atoms with Gasteiger partial charge in [0, 0.05) is 11.8 Å². The number of carbonyl (C=O) groups excluding carboxylic acids is 1. The molecule has 25 heavy (non-hydrogen) atoms. The van der Waals surface area contributed by atoms with Crippen LogP contribution in [-0.2, 0) is 4.79 Å². The molecule has 0 saturated heterocycles. The van der Waals surface area contributed by atoms with Crippen LogP contribution in [0.2, 0.25) is 0 Å². The first kappa shape index (κ1) is 17.8. The lowest BCUT2D eigenvalue weighted by atomic mass is 10.2. The molecule has 0 saturated carbocycles. The molecule has 1 aromatic heterocycles. The van der Waals surface area contributed by atoms with Gasteiger partial charge in [-0.1, -0.05) is 29.5 Å². The van der Waals surface area contributed by atoms with E-state index in [1.807, 2.05) is 31.2 Å². The molecule has 0 spiro atoms.